The van der Waals surface area contributed by atoms with Gasteiger partial charge in [-0.1, -0.05) is 45.4 Å². The zero-order chi connectivity index (χ0) is 16.5. The van der Waals surface area contributed by atoms with E-state index >= 15 is 0 Å². The van der Waals surface area contributed by atoms with Gasteiger partial charge in [0.15, 0.2) is 6.29 Å². The summed E-state index contributed by atoms with van der Waals surface area (Å²) in [5.41, 5.74) is 0. The molecule has 4 unspecified atom stereocenters. The molecule has 2 aliphatic rings. The van der Waals surface area contributed by atoms with Crippen LogP contribution in [0.5, 0.6) is 0 Å². The molecule has 0 aromatic carbocycles. The van der Waals surface area contributed by atoms with Gasteiger partial charge < -0.3 is 14.6 Å². The SMILES string of the molecule is CCCCCCOC1NC(C2CCCCC2)CCC1C(O)OC. The molecular weight excluding hydrogens is 290 g/mol. The van der Waals surface area contributed by atoms with E-state index in [2.05, 4.69) is 12.2 Å². The molecule has 4 heteroatoms. The van der Waals surface area contributed by atoms with Gasteiger partial charge in [0, 0.05) is 25.7 Å². The lowest BCUT2D eigenvalue weighted by Crippen LogP contribution is -2.55. The maximum atomic E-state index is 10.1. The normalized spacial score (nSPS) is 31.2. The Hall–Kier alpha value is -0.160. The lowest BCUT2D eigenvalue weighted by atomic mass is 9.78. The van der Waals surface area contributed by atoms with Crippen LogP contribution in [0.25, 0.3) is 0 Å². The molecule has 23 heavy (non-hydrogen) atoms. The Morgan fingerprint density at radius 2 is 1.83 bits per heavy atom. The molecule has 1 heterocycles. The Labute approximate surface area is 142 Å². The summed E-state index contributed by atoms with van der Waals surface area (Å²) in [5, 5.41) is 13.9. The monoisotopic (exact) mass is 327 g/mol. The van der Waals surface area contributed by atoms with E-state index in [1.54, 1.807) is 7.11 Å². The van der Waals surface area contributed by atoms with Gasteiger partial charge in [-0.05, 0) is 38.0 Å². The summed E-state index contributed by atoms with van der Waals surface area (Å²) in [6.07, 6.45) is 13.0. The summed E-state index contributed by atoms with van der Waals surface area (Å²) >= 11 is 0. The first-order chi connectivity index (χ1) is 11.3. The number of ether oxygens (including phenoxy) is 2. The van der Waals surface area contributed by atoms with Gasteiger partial charge in [-0.2, -0.15) is 0 Å². The Morgan fingerprint density at radius 3 is 2.52 bits per heavy atom. The number of aliphatic hydroxyl groups excluding tert-OH is 1. The Balaban J connectivity index is 1.84. The topological polar surface area (TPSA) is 50.7 Å². The highest BCUT2D eigenvalue weighted by molar-refractivity contribution is 4.88. The molecule has 0 spiro atoms. The van der Waals surface area contributed by atoms with Crippen LogP contribution in [0.15, 0.2) is 0 Å². The van der Waals surface area contributed by atoms with Crippen molar-refractivity contribution < 1.29 is 14.6 Å². The van der Waals surface area contributed by atoms with Crippen LogP contribution < -0.4 is 5.32 Å². The van der Waals surface area contributed by atoms with Crippen molar-refractivity contribution in [1.29, 1.82) is 0 Å². The lowest BCUT2D eigenvalue weighted by molar-refractivity contribution is -0.173. The Kier molecular flexibility index (Phi) is 8.88. The third kappa shape index (κ3) is 6.00. The predicted molar refractivity (Wildman–Crippen MR) is 93.1 cm³/mol. The van der Waals surface area contributed by atoms with Crippen molar-refractivity contribution in [1.82, 2.24) is 5.32 Å². The van der Waals surface area contributed by atoms with Crippen LogP contribution in [0.3, 0.4) is 0 Å². The van der Waals surface area contributed by atoms with E-state index in [1.165, 1.54) is 51.4 Å². The molecule has 2 fully saturated rings. The molecule has 1 saturated heterocycles. The quantitative estimate of drug-likeness (QED) is 0.499. The molecule has 2 N–H and O–H groups in total. The van der Waals surface area contributed by atoms with Gasteiger partial charge in [0.1, 0.15) is 6.23 Å². The van der Waals surface area contributed by atoms with Crippen molar-refractivity contribution >= 4 is 0 Å². The third-order valence-electron chi connectivity index (χ3n) is 5.70. The predicted octanol–water partition coefficient (Wildman–Crippen LogP) is 3.82. The van der Waals surface area contributed by atoms with Crippen molar-refractivity contribution in [2.45, 2.75) is 96.1 Å². The number of methoxy groups -OCH3 is 1. The van der Waals surface area contributed by atoms with Crippen LogP contribution in [0, 0.1) is 11.8 Å². The highest BCUT2D eigenvalue weighted by Gasteiger charge is 2.38. The fraction of sp³-hybridized carbons (Fsp3) is 1.00. The first-order valence-corrected chi connectivity index (χ1v) is 9.84. The molecule has 4 atom stereocenters. The summed E-state index contributed by atoms with van der Waals surface area (Å²) in [4.78, 5) is 0. The zero-order valence-electron chi connectivity index (χ0n) is 15.1. The number of piperidine rings is 1. The molecule has 1 aliphatic heterocycles. The minimum atomic E-state index is -0.726. The van der Waals surface area contributed by atoms with Crippen LogP contribution in [-0.4, -0.2) is 37.4 Å². The molecule has 1 aliphatic carbocycles. The zero-order valence-corrected chi connectivity index (χ0v) is 15.1. The van der Waals surface area contributed by atoms with Crippen molar-refractivity contribution in [2.75, 3.05) is 13.7 Å². The standard InChI is InChI=1S/C19H37NO3/c1-3-4-5-9-14-23-18-16(19(21)22-2)12-13-17(20-18)15-10-7-6-8-11-15/h15-21H,3-14H2,1-2H3. The van der Waals surface area contributed by atoms with Crippen LogP contribution in [0.2, 0.25) is 0 Å². The minimum absolute atomic E-state index is 0.0472. The summed E-state index contributed by atoms with van der Waals surface area (Å²) in [6, 6.07) is 0.552. The maximum Gasteiger partial charge on any atom is 0.160 e. The number of rotatable bonds is 9. The number of hydrogen-bond acceptors (Lipinski definition) is 4. The smallest absolute Gasteiger partial charge is 0.160 e. The fourth-order valence-electron chi connectivity index (χ4n) is 4.23. The van der Waals surface area contributed by atoms with E-state index in [4.69, 9.17) is 9.47 Å². The van der Waals surface area contributed by atoms with Crippen molar-refractivity contribution in [2.24, 2.45) is 11.8 Å². The maximum absolute atomic E-state index is 10.1. The fourth-order valence-corrected chi connectivity index (χ4v) is 4.23. The van der Waals surface area contributed by atoms with Gasteiger partial charge >= 0.3 is 0 Å². The molecule has 136 valence electrons. The lowest BCUT2D eigenvalue weighted by Gasteiger charge is -2.42. The average molecular weight is 328 g/mol. The van der Waals surface area contributed by atoms with Crippen molar-refractivity contribution in [3.05, 3.63) is 0 Å². The summed E-state index contributed by atoms with van der Waals surface area (Å²) < 4.78 is 11.3. The van der Waals surface area contributed by atoms with E-state index in [-0.39, 0.29) is 12.1 Å². The van der Waals surface area contributed by atoms with Gasteiger partial charge in [-0.3, -0.25) is 5.32 Å². The number of unbranched alkanes of at least 4 members (excludes halogenated alkanes) is 3. The van der Waals surface area contributed by atoms with E-state index in [0.717, 1.165) is 31.8 Å². The number of hydrogen-bond donors (Lipinski definition) is 2. The summed E-state index contributed by atoms with van der Waals surface area (Å²) in [7, 11) is 1.58. The van der Waals surface area contributed by atoms with Gasteiger partial charge in [0.2, 0.25) is 0 Å². The molecule has 4 nitrogen and oxygen atoms in total. The van der Waals surface area contributed by atoms with Crippen molar-refractivity contribution in [3.63, 3.8) is 0 Å². The highest BCUT2D eigenvalue weighted by atomic mass is 16.6. The molecule has 0 bridgehead atoms. The Bertz CT molecular complexity index is 307. The molecule has 2 rings (SSSR count). The minimum Gasteiger partial charge on any atom is -0.368 e. The molecular formula is C19H37NO3. The molecule has 0 aromatic heterocycles. The molecule has 0 amide bonds. The average Bonchev–Trinajstić information content (AvgIpc) is 2.61. The van der Waals surface area contributed by atoms with E-state index in [0.29, 0.717) is 6.04 Å². The molecule has 0 radical (unpaired) electrons. The highest BCUT2D eigenvalue weighted by Crippen LogP contribution is 2.33. The van der Waals surface area contributed by atoms with E-state index in [1.807, 2.05) is 0 Å². The van der Waals surface area contributed by atoms with E-state index < -0.39 is 6.29 Å². The van der Waals surface area contributed by atoms with E-state index in [9.17, 15) is 5.11 Å². The number of aliphatic hydroxyl groups is 1. The van der Waals surface area contributed by atoms with Gasteiger partial charge in [0.25, 0.3) is 0 Å². The van der Waals surface area contributed by atoms with Crippen LogP contribution in [0.1, 0.15) is 77.6 Å². The van der Waals surface area contributed by atoms with Gasteiger partial charge in [0.05, 0.1) is 0 Å². The Morgan fingerprint density at radius 1 is 1.04 bits per heavy atom. The second-order valence-corrected chi connectivity index (χ2v) is 7.39. The number of nitrogens with one attached hydrogen (secondary N) is 1. The van der Waals surface area contributed by atoms with Crippen molar-refractivity contribution in [3.8, 4) is 0 Å². The van der Waals surface area contributed by atoms with Crippen LogP contribution in [0.4, 0.5) is 0 Å². The van der Waals surface area contributed by atoms with Crippen LogP contribution >= 0.6 is 0 Å². The third-order valence-corrected chi connectivity index (χ3v) is 5.70. The second-order valence-electron chi connectivity index (χ2n) is 7.39. The summed E-state index contributed by atoms with van der Waals surface area (Å²) in [5.74, 6) is 0.835. The van der Waals surface area contributed by atoms with Gasteiger partial charge in [-0.25, -0.2) is 0 Å². The molecule has 1 saturated carbocycles. The van der Waals surface area contributed by atoms with Gasteiger partial charge in [-0.15, -0.1) is 0 Å². The first kappa shape index (κ1) is 19.2. The second kappa shape index (κ2) is 10.7. The van der Waals surface area contributed by atoms with Crippen LogP contribution in [-0.2, 0) is 9.47 Å². The summed E-state index contributed by atoms with van der Waals surface area (Å²) in [6.45, 7) is 3.01. The molecule has 0 aromatic rings. The largest absolute Gasteiger partial charge is 0.368 e. The first-order valence-electron chi connectivity index (χ1n) is 9.84.